The summed E-state index contributed by atoms with van der Waals surface area (Å²) in [7, 11) is 0. The van der Waals surface area contributed by atoms with Crippen molar-refractivity contribution in [3.05, 3.63) is 59.7 Å². The van der Waals surface area contributed by atoms with Crippen molar-refractivity contribution in [2.75, 3.05) is 0 Å². The third-order valence-electron chi connectivity index (χ3n) is 5.62. The minimum atomic E-state index is -0.0399. The highest BCUT2D eigenvalue weighted by Crippen LogP contribution is 2.48. The second kappa shape index (κ2) is 6.66. The van der Waals surface area contributed by atoms with Crippen molar-refractivity contribution in [2.24, 2.45) is 5.92 Å². The van der Waals surface area contributed by atoms with E-state index in [2.05, 4.69) is 31.2 Å². The summed E-state index contributed by atoms with van der Waals surface area (Å²) >= 11 is 0. The number of phenolic OH excluding ortho intramolecular Hbond substituents is 2. The molecule has 1 saturated carbocycles. The van der Waals surface area contributed by atoms with E-state index in [1.807, 2.05) is 0 Å². The first kappa shape index (κ1) is 15.9. The van der Waals surface area contributed by atoms with Crippen LogP contribution in [0.5, 0.6) is 11.5 Å². The van der Waals surface area contributed by atoms with Crippen molar-refractivity contribution in [1.82, 2.24) is 0 Å². The number of hydrogen-bond donors (Lipinski definition) is 2. The number of hydrogen-bond acceptors (Lipinski definition) is 2. The highest BCUT2D eigenvalue weighted by atomic mass is 16.3. The van der Waals surface area contributed by atoms with Crippen molar-refractivity contribution in [2.45, 2.75) is 50.9 Å². The zero-order chi connectivity index (χ0) is 16.3. The highest BCUT2D eigenvalue weighted by molar-refractivity contribution is 5.44. The molecule has 122 valence electrons. The van der Waals surface area contributed by atoms with E-state index < -0.39 is 0 Å². The summed E-state index contributed by atoms with van der Waals surface area (Å²) < 4.78 is 0. The van der Waals surface area contributed by atoms with Gasteiger partial charge < -0.3 is 10.2 Å². The van der Waals surface area contributed by atoms with Crippen LogP contribution in [0.1, 0.15) is 56.6 Å². The molecular formula is C21H26O2. The van der Waals surface area contributed by atoms with Gasteiger partial charge in [0.05, 0.1) is 0 Å². The van der Waals surface area contributed by atoms with Crippen LogP contribution in [0.3, 0.4) is 0 Å². The molecule has 1 aliphatic carbocycles. The molecule has 0 radical (unpaired) electrons. The van der Waals surface area contributed by atoms with E-state index in [1.165, 1.54) is 43.2 Å². The van der Waals surface area contributed by atoms with E-state index in [0.717, 1.165) is 6.42 Å². The third kappa shape index (κ3) is 2.95. The first-order chi connectivity index (χ1) is 11.2. The molecule has 1 fully saturated rings. The molecule has 3 rings (SSSR count). The third-order valence-corrected chi connectivity index (χ3v) is 5.62. The van der Waals surface area contributed by atoms with Gasteiger partial charge in [-0.25, -0.2) is 0 Å². The van der Waals surface area contributed by atoms with Crippen molar-refractivity contribution in [3.63, 3.8) is 0 Å². The van der Waals surface area contributed by atoms with Gasteiger partial charge in [0.2, 0.25) is 0 Å². The molecule has 2 aromatic carbocycles. The smallest absolute Gasteiger partial charge is 0.115 e. The Morgan fingerprint density at radius 3 is 1.61 bits per heavy atom. The summed E-state index contributed by atoms with van der Waals surface area (Å²) in [6.07, 6.45) is 7.44. The fourth-order valence-electron chi connectivity index (χ4n) is 4.45. The molecule has 0 saturated heterocycles. The molecule has 0 heterocycles. The maximum atomic E-state index is 9.68. The van der Waals surface area contributed by atoms with Gasteiger partial charge in [0.25, 0.3) is 0 Å². The standard InChI is InChI=1S/C21H26O2/c1-2-21(16-6-4-3-5-7-16,17-8-12-19(22)13-9-17)18-10-14-20(23)15-11-18/h8-16,22-23H,2-7H2,1H3. The zero-order valence-corrected chi connectivity index (χ0v) is 13.8. The topological polar surface area (TPSA) is 40.5 Å². The van der Waals surface area contributed by atoms with Gasteiger partial charge in [0.15, 0.2) is 0 Å². The zero-order valence-electron chi connectivity index (χ0n) is 13.8. The monoisotopic (exact) mass is 310 g/mol. The molecule has 0 amide bonds. The van der Waals surface area contributed by atoms with Crippen molar-refractivity contribution in [1.29, 1.82) is 0 Å². The van der Waals surface area contributed by atoms with Crippen LogP contribution in [0, 0.1) is 5.92 Å². The number of benzene rings is 2. The Hall–Kier alpha value is -1.96. The molecule has 1 aliphatic rings. The van der Waals surface area contributed by atoms with Crippen LogP contribution in [-0.2, 0) is 5.41 Å². The summed E-state index contributed by atoms with van der Waals surface area (Å²) in [6.45, 7) is 2.26. The van der Waals surface area contributed by atoms with Gasteiger partial charge in [-0.1, -0.05) is 50.5 Å². The molecule has 0 aromatic heterocycles. The van der Waals surface area contributed by atoms with Crippen LogP contribution in [0.4, 0.5) is 0 Å². The molecular weight excluding hydrogens is 284 g/mol. The van der Waals surface area contributed by atoms with Crippen LogP contribution >= 0.6 is 0 Å². The normalized spacial score (nSPS) is 16.4. The second-order valence-electron chi connectivity index (χ2n) is 6.75. The highest BCUT2D eigenvalue weighted by Gasteiger charge is 2.40. The fraction of sp³-hybridized carbons (Fsp3) is 0.429. The van der Waals surface area contributed by atoms with Crippen LogP contribution in [-0.4, -0.2) is 10.2 Å². The van der Waals surface area contributed by atoms with Gasteiger partial charge in [0, 0.05) is 5.41 Å². The molecule has 2 nitrogen and oxygen atoms in total. The average Bonchev–Trinajstić information content (AvgIpc) is 2.60. The number of rotatable bonds is 4. The minimum Gasteiger partial charge on any atom is -0.508 e. The Balaban J connectivity index is 2.13. The van der Waals surface area contributed by atoms with Gasteiger partial charge in [-0.2, -0.15) is 0 Å². The molecule has 2 heteroatoms. The molecule has 2 aromatic rings. The van der Waals surface area contributed by atoms with Gasteiger partial charge in [-0.3, -0.25) is 0 Å². The summed E-state index contributed by atoms with van der Waals surface area (Å²) in [4.78, 5) is 0. The predicted octanol–water partition coefficient (Wildman–Crippen LogP) is 5.37. The number of aromatic hydroxyl groups is 2. The predicted molar refractivity (Wildman–Crippen MR) is 93.9 cm³/mol. The van der Waals surface area contributed by atoms with E-state index in [9.17, 15) is 10.2 Å². The first-order valence-corrected chi connectivity index (χ1v) is 8.76. The van der Waals surface area contributed by atoms with Crippen LogP contribution in [0.15, 0.2) is 48.5 Å². The van der Waals surface area contributed by atoms with Crippen LogP contribution in [0.2, 0.25) is 0 Å². The van der Waals surface area contributed by atoms with Crippen LogP contribution in [0.25, 0.3) is 0 Å². The van der Waals surface area contributed by atoms with Crippen LogP contribution < -0.4 is 0 Å². The van der Waals surface area contributed by atoms with E-state index >= 15 is 0 Å². The van der Waals surface area contributed by atoms with E-state index in [1.54, 1.807) is 24.3 Å². The first-order valence-electron chi connectivity index (χ1n) is 8.76. The van der Waals surface area contributed by atoms with Gasteiger partial charge in [-0.15, -0.1) is 0 Å². The van der Waals surface area contributed by atoms with E-state index in [-0.39, 0.29) is 5.41 Å². The quantitative estimate of drug-likeness (QED) is 0.796. The second-order valence-corrected chi connectivity index (χ2v) is 6.75. The van der Waals surface area contributed by atoms with Crippen molar-refractivity contribution >= 4 is 0 Å². The van der Waals surface area contributed by atoms with E-state index in [0.29, 0.717) is 17.4 Å². The minimum absolute atomic E-state index is 0.0399. The molecule has 0 spiro atoms. The lowest BCUT2D eigenvalue weighted by molar-refractivity contribution is 0.231. The Labute approximate surface area is 138 Å². The largest absolute Gasteiger partial charge is 0.508 e. The summed E-state index contributed by atoms with van der Waals surface area (Å²) in [5.74, 6) is 1.23. The van der Waals surface area contributed by atoms with Crippen molar-refractivity contribution < 1.29 is 10.2 Å². The Morgan fingerprint density at radius 1 is 0.783 bits per heavy atom. The van der Waals surface area contributed by atoms with Gasteiger partial charge >= 0.3 is 0 Å². The van der Waals surface area contributed by atoms with Gasteiger partial charge in [-0.05, 0) is 60.6 Å². The maximum absolute atomic E-state index is 9.68. The van der Waals surface area contributed by atoms with E-state index in [4.69, 9.17) is 0 Å². The molecule has 0 aliphatic heterocycles. The Bertz CT molecular complexity index is 576. The lowest BCUT2D eigenvalue weighted by Gasteiger charge is -2.43. The van der Waals surface area contributed by atoms with Gasteiger partial charge in [0.1, 0.15) is 11.5 Å². The average molecular weight is 310 g/mol. The molecule has 0 bridgehead atoms. The molecule has 0 atom stereocenters. The summed E-state index contributed by atoms with van der Waals surface area (Å²) in [5, 5.41) is 19.4. The Morgan fingerprint density at radius 2 is 1.22 bits per heavy atom. The lowest BCUT2D eigenvalue weighted by Crippen LogP contribution is -2.37. The Kier molecular flexibility index (Phi) is 4.61. The lowest BCUT2D eigenvalue weighted by atomic mass is 9.60. The SMILES string of the molecule is CCC(c1ccc(O)cc1)(c1ccc(O)cc1)C1CCCCC1. The summed E-state index contributed by atoms with van der Waals surface area (Å²) in [5.41, 5.74) is 2.51. The molecule has 0 unspecified atom stereocenters. The summed E-state index contributed by atoms with van der Waals surface area (Å²) in [6, 6.07) is 15.5. The van der Waals surface area contributed by atoms with Crippen molar-refractivity contribution in [3.8, 4) is 11.5 Å². The fourth-order valence-corrected chi connectivity index (χ4v) is 4.45. The molecule has 2 N–H and O–H groups in total. The maximum Gasteiger partial charge on any atom is 0.115 e. The number of phenols is 2. The molecule has 23 heavy (non-hydrogen) atoms.